The number of methoxy groups -OCH3 is 1. The van der Waals surface area contributed by atoms with E-state index in [1.54, 1.807) is 30.3 Å². The van der Waals surface area contributed by atoms with Gasteiger partial charge in [0.05, 0.1) is 25.3 Å². The number of aliphatic hydroxyl groups excluding tert-OH is 1. The molecule has 37 heavy (non-hydrogen) atoms. The van der Waals surface area contributed by atoms with Crippen molar-refractivity contribution in [1.29, 1.82) is 0 Å². The molecule has 3 aromatic carbocycles. The number of carbonyl (C=O) groups is 2. The van der Waals surface area contributed by atoms with Gasteiger partial charge in [-0.1, -0.05) is 36.4 Å². The second kappa shape index (κ2) is 10.0. The summed E-state index contributed by atoms with van der Waals surface area (Å²) in [6.45, 7) is 4.53. The summed E-state index contributed by atoms with van der Waals surface area (Å²) in [4.78, 5) is 28.3. The molecule has 2 aliphatic rings. The Labute approximate surface area is 215 Å². The van der Waals surface area contributed by atoms with Gasteiger partial charge in [0.25, 0.3) is 11.7 Å². The first-order valence-electron chi connectivity index (χ1n) is 12.3. The van der Waals surface area contributed by atoms with Gasteiger partial charge in [0.15, 0.2) is 11.5 Å². The van der Waals surface area contributed by atoms with Crippen LogP contribution in [0.1, 0.15) is 42.1 Å². The fourth-order valence-electron chi connectivity index (χ4n) is 5.02. The molecular formula is C30H29NO6. The number of carbonyl (C=O) groups excluding carboxylic acids is 2. The number of Topliss-reactive ketones (excluding diaryl/α,β-unsaturated/α-hetero) is 1. The van der Waals surface area contributed by atoms with Gasteiger partial charge in [-0.25, -0.2) is 0 Å². The zero-order chi connectivity index (χ0) is 26.1. The monoisotopic (exact) mass is 499 g/mol. The van der Waals surface area contributed by atoms with E-state index in [4.69, 9.17) is 14.2 Å². The topological polar surface area (TPSA) is 85.3 Å². The van der Waals surface area contributed by atoms with Crippen molar-refractivity contribution < 1.29 is 28.9 Å². The molecule has 3 aromatic rings. The van der Waals surface area contributed by atoms with Gasteiger partial charge in [-0.2, -0.15) is 0 Å². The normalized spacial score (nSPS) is 20.0. The standard InChI is InChI=1S/C30H29NO6/c1-4-36-24-13-10-20(16-25(24)35-3)27-26(28(32)21-11-12-23-22(15-21)14-18(2)37-23)29(33)30(34)31(27)17-19-8-6-5-7-9-19/h5-13,15-16,18,27,32H,4,14,17H2,1-3H3/b28-26+/t18-,27+/m1/s1. The third kappa shape index (κ3) is 4.53. The van der Waals surface area contributed by atoms with Crippen LogP contribution >= 0.6 is 0 Å². The largest absolute Gasteiger partial charge is 0.507 e. The summed E-state index contributed by atoms with van der Waals surface area (Å²) >= 11 is 0. The predicted octanol–water partition coefficient (Wildman–Crippen LogP) is 5.04. The number of rotatable bonds is 7. The van der Waals surface area contributed by atoms with Gasteiger partial charge in [-0.05, 0) is 60.9 Å². The summed E-state index contributed by atoms with van der Waals surface area (Å²) in [5.41, 5.74) is 2.97. The fraction of sp³-hybridized carbons (Fsp3) is 0.267. The number of ether oxygens (including phenoxy) is 3. The van der Waals surface area contributed by atoms with Crippen molar-refractivity contribution in [1.82, 2.24) is 4.90 Å². The molecule has 0 saturated carbocycles. The summed E-state index contributed by atoms with van der Waals surface area (Å²) in [6, 6.07) is 19.3. The minimum Gasteiger partial charge on any atom is -0.507 e. The highest BCUT2D eigenvalue weighted by Gasteiger charge is 2.46. The molecule has 1 amide bonds. The van der Waals surface area contributed by atoms with Gasteiger partial charge >= 0.3 is 0 Å². The lowest BCUT2D eigenvalue weighted by atomic mass is 9.94. The van der Waals surface area contributed by atoms with E-state index < -0.39 is 17.7 Å². The number of aliphatic hydroxyl groups is 1. The lowest BCUT2D eigenvalue weighted by Crippen LogP contribution is -2.29. The Kier molecular flexibility index (Phi) is 6.61. The maximum atomic E-state index is 13.4. The fourth-order valence-corrected chi connectivity index (χ4v) is 5.02. The number of ketones is 1. The molecule has 5 rings (SSSR count). The van der Waals surface area contributed by atoms with Crippen LogP contribution in [-0.4, -0.2) is 41.5 Å². The quantitative estimate of drug-likeness (QED) is 0.279. The molecule has 7 heteroatoms. The van der Waals surface area contributed by atoms with Crippen molar-refractivity contribution in [2.45, 2.75) is 39.0 Å². The van der Waals surface area contributed by atoms with Crippen LogP contribution in [-0.2, 0) is 22.6 Å². The van der Waals surface area contributed by atoms with E-state index in [2.05, 4.69) is 0 Å². The van der Waals surface area contributed by atoms with E-state index in [1.807, 2.05) is 50.2 Å². The van der Waals surface area contributed by atoms with Gasteiger partial charge in [0.1, 0.15) is 17.6 Å². The smallest absolute Gasteiger partial charge is 0.295 e. The first-order chi connectivity index (χ1) is 17.9. The SMILES string of the molecule is CCOc1ccc([C@H]2/C(=C(\O)c3ccc4c(c3)C[C@@H](C)O4)C(=O)C(=O)N2Cc2ccccc2)cc1OC. The number of benzene rings is 3. The molecule has 0 radical (unpaired) electrons. The van der Waals surface area contributed by atoms with E-state index in [0.717, 1.165) is 16.9 Å². The van der Waals surface area contributed by atoms with Crippen LogP contribution in [0.3, 0.4) is 0 Å². The van der Waals surface area contributed by atoms with E-state index in [1.165, 1.54) is 12.0 Å². The third-order valence-corrected chi connectivity index (χ3v) is 6.71. The molecule has 1 saturated heterocycles. The molecule has 0 aromatic heterocycles. The number of fused-ring (bicyclic) bond motifs is 1. The Bertz CT molecular complexity index is 1380. The van der Waals surface area contributed by atoms with E-state index in [-0.39, 0.29) is 24.0 Å². The first-order valence-corrected chi connectivity index (χ1v) is 12.3. The first kappa shape index (κ1) is 24.4. The number of amides is 1. The number of nitrogens with zero attached hydrogens (tertiary/aromatic N) is 1. The number of hydrogen-bond acceptors (Lipinski definition) is 6. The van der Waals surface area contributed by atoms with E-state index in [9.17, 15) is 14.7 Å². The molecule has 2 heterocycles. The molecule has 2 atom stereocenters. The Balaban J connectivity index is 1.64. The van der Waals surface area contributed by atoms with Crippen LogP contribution in [0.5, 0.6) is 17.2 Å². The Morgan fingerprint density at radius 2 is 1.84 bits per heavy atom. The average Bonchev–Trinajstić information content (AvgIpc) is 3.40. The van der Waals surface area contributed by atoms with Gasteiger partial charge < -0.3 is 24.2 Å². The van der Waals surface area contributed by atoms with Gasteiger partial charge in [0.2, 0.25) is 0 Å². The van der Waals surface area contributed by atoms with Gasteiger partial charge in [-0.3, -0.25) is 9.59 Å². The van der Waals surface area contributed by atoms with Crippen molar-refractivity contribution in [3.8, 4) is 17.2 Å². The molecule has 0 unspecified atom stereocenters. The van der Waals surface area contributed by atoms with Crippen molar-refractivity contribution in [3.63, 3.8) is 0 Å². The molecular weight excluding hydrogens is 470 g/mol. The Morgan fingerprint density at radius 1 is 1.05 bits per heavy atom. The van der Waals surface area contributed by atoms with Crippen molar-refractivity contribution in [2.24, 2.45) is 0 Å². The van der Waals surface area contributed by atoms with Gasteiger partial charge in [-0.15, -0.1) is 0 Å². The zero-order valence-electron chi connectivity index (χ0n) is 21.1. The lowest BCUT2D eigenvalue weighted by molar-refractivity contribution is -0.140. The molecule has 0 spiro atoms. The highest BCUT2D eigenvalue weighted by atomic mass is 16.5. The average molecular weight is 500 g/mol. The summed E-state index contributed by atoms with van der Waals surface area (Å²) in [5.74, 6) is 0.197. The van der Waals surface area contributed by atoms with Crippen LogP contribution in [0.25, 0.3) is 5.76 Å². The van der Waals surface area contributed by atoms with Crippen LogP contribution in [0.15, 0.2) is 72.3 Å². The highest BCUT2D eigenvalue weighted by Crippen LogP contribution is 2.43. The Hall–Kier alpha value is -4.26. The summed E-state index contributed by atoms with van der Waals surface area (Å²) in [5, 5.41) is 11.5. The zero-order valence-corrected chi connectivity index (χ0v) is 21.1. The van der Waals surface area contributed by atoms with Gasteiger partial charge in [0, 0.05) is 18.5 Å². The maximum absolute atomic E-state index is 13.4. The molecule has 0 bridgehead atoms. The van der Waals surface area contributed by atoms with Crippen molar-refractivity contribution in [3.05, 3.63) is 94.6 Å². The van der Waals surface area contributed by atoms with Crippen LogP contribution in [0, 0.1) is 0 Å². The second-order valence-corrected chi connectivity index (χ2v) is 9.21. The lowest BCUT2D eigenvalue weighted by Gasteiger charge is -2.26. The summed E-state index contributed by atoms with van der Waals surface area (Å²) in [6.07, 6.45) is 0.748. The highest BCUT2D eigenvalue weighted by molar-refractivity contribution is 6.46. The molecule has 190 valence electrons. The maximum Gasteiger partial charge on any atom is 0.295 e. The Morgan fingerprint density at radius 3 is 2.57 bits per heavy atom. The summed E-state index contributed by atoms with van der Waals surface area (Å²) in [7, 11) is 1.54. The molecule has 2 aliphatic heterocycles. The third-order valence-electron chi connectivity index (χ3n) is 6.71. The van der Waals surface area contributed by atoms with Crippen molar-refractivity contribution in [2.75, 3.05) is 13.7 Å². The number of likely N-dealkylation sites (tertiary alicyclic amines) is 1. The second-order valence-electron chi connectivity index (χ2n) is 9.21. The molecule has 1 fully saturated rings. The molecule has 7 nitrogen and oxygen atoms in total. The van der Waals surface area contributed by atoms with Crippen LogP contribution < -0.4 is 14.2 Å². The van der Waals surface area contributed by atoms with Crippen LogP contribution in [0.4, 0.5) is 0 Å². The number of hydrogen-bond donors (Lipinski definition) is 1. The minimum absolute atomic E-state index is 0.0408. The van der Waals surface area contributed by atoms with E-state index >= 15 is 0 Å². The van der Waals surface area contributed by atoms with E-state index in [0.29, 0.717) is 35.7 Å². The minimum atomic E-state index is -0.812. The summed E-state index contributed by atoms with van der Waals surface area (Å²) < 4.78 is 17.0. The molecule has 1 N–H and O–H groups in total. The predicted molar refractivity (Wildman–Crippen MR) is 139 cm³/mol. The molecule has 0 aliphatic carbocycles. The van der Waals surface area contributed by atoms with Crippen LogP contribution in [0.2, 0.25) is 0 Å². The van der Waals surface area contributed by atoms with Crippen molar-refractivity contribution >= 4 is 17.4 Å².